The molecule has 0 saturated heterocycles. The summed E-state index contributed by atoms with van der Waals surface area (Å²) in [6.07, 6.45) is 1.09. The van der Waals surface area contributed by atoms with Gasteiger partial charge in [-0.05, 0) is 49.7 Å². The Bertz CT molecular complexity index is 690. The number of hydrogen-bond acceptors (Lipinski definition) is 4. The molecule has 0 aliphatic rings. The van der Waals surface area contributed by atoms with E-state index in [0.29, 0.717) is 11.5 Å². The molecule has 0 fully saturated rings. The van der Waals surface area contributed by atoms with Crippen molar-refractivity contribution >= 4 is 24.0 Å². The Kier molecular flexibility index (Phi) is 9.55. The number of hydrogen-bond donors (Lipinski definition) is 2. The molecular weight excluding hydrogens is 352 g/mol. The lowest BCUT2D eigenvalue weighted by Crippen LogP contribution is -2.20. The molecule has 0 aliphatic heterocycles. The number of carbonyl (C=O) groups is 1. The van der Waals surface area contributed by atoms with Crippen LogP contribution in [0.4, 0.5) is 5.69 Å². The Balaban J connectivity index is 0.00000338. The third-order valence-electron chi connectivity index (χ3n) is 3.68. The van der Waals surface area contributed by atoms with Gasteiger partial charge in [-0.15, -0.1) is 12.4 Å². The second-order valence-corrected chi connectivity index (χ2v) is 5.86. The number of ether oxygens (including phenoxy) is 2. The van der Waals surface area contributed by atoms with Crippen LogP contribution in [-0.4, -0.2) is 26.2 Å². The minimum Gasteiger partial charge on any atom is -0.493 e. The van der Waals surface area contributed by atoms with Gasteiger partial charge >= 0.3 is 0 Å². The van der Waals surface area contributed by atoms with Crippen molar-refractivity contribution in [1.82, 2.24) is 5.32 Å². The first-order chi connectivity index (χ1) is 12.1. The third-order valence-corrected chi connectivity index (χ3v) is 3.68. The fraction of sp³-hybridized carbons (Fsp3) is 0.350. The number of aryl methyl sites for hydroxylation is 1. The normalized spacial score (nSPS) is 9.96. The second-order valence-electron chi connectivity index (χ2n) is 5.86. The van der Waals surface area contributed by atoms with Gasteiger partial charge in [-0.25, -0.2) is 0 Å². The first-order valence-electron chi connectivity index (χ1n) is 8.49. The largest absolute Gasteiger partial charge is 0.493 e. The molecule has 5 nitrogen and oxygen atoms in total. The van der Waals surface area contributed by atoms with E-state index in [2.05, 4.69) is 17.6 Å². The number of amides is 1. The lowest BCUT2D eigenvalue weighted by Gasteiger charge is -2.13. The van der Waals surface area contributed by atoms with Crippen molar-refractivity contribution in [2.75, 3.05) is 25.6 Å². The molecule has 0 heterocycles. The van der Waals surface area contributed by atoms with Crippen LogP contribution in [0.15, 0.2) is 42.5 Å². The number of rotatable bonds is 9. The van der Waals surface area contributed by atoms with Crippen LogP contribution in [0.2, 0.25) is 0 Å². The Morgan fingerprint density at radius 3 is 2.46 bits per heavy atom. The SMILES string of the molecule is CCCNCc1ccc(OCC(=O)Nc2ccc(C)cc2)c(OC)c1.Cl. The Morgan fingerprint density at radius 1 is 1.08 bits per heavy atom. The average Bonchev–Trinajstić information content (AvgIpc) is 2.62. The molecule has 6 heteroatoms. The molecule has 26 heavy (non-hydrogen) atoms. The zero-order valence-corrected chi connectivity index (χ0v) is 16.3. The highest BCUT2D eigenvalue weighted by Crippen LogP contribution is 2.28. The summed E-state index contributed by atoms with van der Waals surface area (Å²) in [5.74, 6) is 0.972. The van der Waals surface area contributed by atoms with Crippen LogP contribution in [0.3, 0.4) is 0 Å². The number of nitrogens with one attached hydrogen (secondary N) is 2. The van der Waals surface area contributed by atoms with Crippen LogP contribution < -0.4 is 20.1 Å². The van der Waals surface area contributed by atoms with Crippen molar-refractivity contribution < 1.29 is 14.3 Å². The summed E-state index contributed by atoms with van der Waals surface area (Å²) in [6.45, 7) is 5.81. The van der Waals surface area contributed by atoms with E-state index in [0.717, 1.165) is 36.3 Å². The predicted molar refractivity (Wildman–Crippen MR) is 108 cm³/mol. The van der Waals surface area contributed by atoms with Gasteiger partial charge in [0.15, 0.2) is 18.1 Å². The molecule has 2 aromatic carbocycles. The summed E-state index contributed by atoms with van der Waals surface area (Å²) in [7, 11) is 1.60. The minimum absolute atomic E-state index is 0. The summed E-state index contributed by atoms with van der Waals surface area (Å²) in [4.78, 5) is 12.0. The molecule has 0 saturated carbocycles. The zero-order valence-electron chi connectivity index (χ0n) is 15.5. The number of methoxy groups -OCH3 is 1. The molecule has 2 N–H and O–H groups in total. The van der Waals surface area contributed by atoms with Crippen molar-refractivity contribution in [2.24, 2.45) is 0 Å². The quantitative estimate of drug-likeness (QED) is 0.649. The monoisotopic (exact) mass is 378 g/mol. The van der Waals surface area contributed by atoms with Gasteiger partial charge in [0.05, 0.1) is 7.11 Å². The summed E-state index contributed by atoms with van der Waals surface area (Å²) in [5, 5.41) is 6.15. The van der Waals surface area contributed by atoms with E-state index < -0.39 is 0 Å². The molecule has 0 aromatic heterocycles. The third kappa shape index (κ3) is 6.94. The smallest absolute Gasteiger partial charge is 0.262 e. The Labute approximate surface area is 161 Å². The maximum absolute atomic E-state index is 12.0. The van der Waals surface area contributed by atoms with Gasteiger partial charge in [0, 0.05) is 12.2 Å². The number of benzene rings is 2. The van der Waals surface area contributed by atoms with E-state index in [1.54, 1.807) is 7.11 Å². The fourth-order valence-electron chi connectivity index (χ4n) is 2.33. The second kappa shape index (κ2) is 11.4. The van der Waals surface area contributed by atoms with Gasteiger partial charge in [0.2, 0.25) is 0 Å². The Morgan fingerprint density at radius 2 is 1.81 bits per heavy atom. The Hall–Kier alpha value is -2.24. The van der Waals surface area contributed by atoms with Gasteiger partial charge in [0.25, 0.3) is 5.91 Å². The lowest BCUT2D eigenvalue weighted by molar-refractivity contribution is -0.118. The number of anilines is 1. The van der Waals surface area contributed by atoms with Crippen LogP contribution in [0.1, 0.15) is 24.5 Å². The molecule has 2 rings (SSSR count). The van der Waals surface area contributed by atoms with Crippen LogP contribution >= 0.6 is 12.4 Å². The zero-order chi connectivity index (χ0) is 18.1. The average molecular weight is 379 g/mol. The maximum Gasteiger partial charge on any atom is 0.262 e. The van der Waals surface area contributed by atoms with Gasteiger partial charge in [-0.1, -0.05) is 30.7 Å². The van der Waals surface area contributed by atoms with Crippen LogP contribution in [0, 0.1) is 6.92 Å². The van der Waals surface area contributed by atoms with E-state index >= 15 is 0 Å². The van der Waals surface area contributed by atoms with E-state index in [-0.39, 0.29) is 24.9 Å². The lowest BCUT2D eigenvalue weighted by atomic mass is 10.2. The van der Waals surface area contributed by atoms with E-state index in [1.807, 2.05) is 49.4 Å². The first-order valence-corrected chi connectivity index (χ1v) is 8.49. The number of carbonyl (C=O) groups excluding carboxylic acids is 1. The molecule has 1 amide bonds. The molecule has 0 atom stereocenters. The van der Waals surface area contributed by atoms with Crippen molar-refractivity contribution in [3.63, 3.8) is 0 Å². The molecule has 0 unspecified atom stereocenters. The van der Waals surface area contributed by atoms with Crippen molar-refractivity contribution in [2.45, 2.75) is 26.8 Å². The first kappa shape index (κ1) is 21.8. The topological polar surface area (TPSA) is 59.6 Å². The van der Waals surface area contributed by atoms with Crippen LogP contribution in [-0.2, 0) is 11.3 Å². The summed E-state index contributed by atoms with van der Waals surface area (Å²) >= 11 is 0. The molecule has 0 spiro atoms. The summed E-state index contributed by atoms with van der Waals surface area (Å²) < 4.78 is 11.0. The van der Waals surface area contributed by atoms with Gasteiger partial charge in [-0.2, -0.15) is 0 Å². The molecule has 2 aromatic rings. The van der Waals surface area contributed by atoms with Crippen LogP contribution in [0.25, 0.3) is 0 Å². The summed E-state index contributed by atoms with van der Waals surface area (Å²) in [5.41, 5.74) is 3.01. The fourth-order valence-corrected chi connectivity index (χ4v) is 2.33. The predicted octanol–water partition coefficient (Wildman–Crippen LogP) is 3.94. The van der Waals surface area contributed by atoms with E-state index in [4.69, 9.17) is 9.47 Å². The van der Waals surface area contributed by atoms with E-state index in [9.17, 15) is 4.79 Å². The van der Waals surface area contributed by atoms with Crippen molar-refractivity contribution in [3.05, 3.63) is 53.6 Å². The van der Waals surface area contributed by atoms with Gasteiger partial charge in [0.1, 0.15) is 0 Å². The number of halogens is 1. The molecular formula is C20H27ClN2O3. The maximum atomic E-state index is 12.0. The highest BCUT2D eigenvalue weighted by Gasteiger charge is 2.09. The van der Waals surface area contributed by atoms with E-state index in [1.165, 1.54) is 0 Å². The highest BCUT2D eigenvalue weighted by atomic mass is 35.5. The van der Waals surface area contributed by atoms with Crippen molar-refractivity contribution in [3.8, 4) is 11.5 Å². The molecule has 0 aliphatic carbocycles. The standard InChI is InChI=1S/C20H26N2O3.ClH/c1-4-11-21-13-16-7-10-18(19(12-16)24-3)25-14-20(23)22-17-8-5-15(2)6-9-17;/h5-10,12,21H,4,11,13-14H2,1-3H3,(H,22,23);1H. The molecule has 0 bridgehead atoms. The minimum atomic E-state index is -0.209. The summed E-state index contributed by atoms with van der Waals surface area (Å²) in [6, 6.07) is 13.4. The molecule has 0 radical (unpaired) electrons. The highest BCUT2D eigenvalue weighted by molar-refractivity contribution is 5.91. The molecule has 142 valence electrons. The van der Waals surface area contributed by atoms with Gasteiger partial charge < -0.3 is 20.1 Å². The van der Waals surface area contributed by atoms with Gasteiger partial charge in [-0.3, -0.25) is 4.79 Å². The van der Waals surface area contributed by atoms with Crippen LogP contribution in [0.5, 0.6) is 11.5 Å². The van der Waals surface area contributed by atoms with Crippen molar-refractivity contribution in [1.29, 1.82) is 0 Å².